The summed E-state index contributed by atoms with van der Waals surface area (Å²) >= 11 is 0. The molecule has 3 nitrogen and oxygen atoms in total. The Morgan fingerprint density at radius 2 is 1.80 bits per heavy atom. The summed E-state index contributed by atoms with van der Waals surface area (Å²) in [6.07, 6.45) is 5.73. The Morgan fingerprint density at radius 1 is 1.15 bits per heavy atom. The van der Waals surface area contributed by atoms with Crippen molar-refractivity contribution in [3.05, 3.63) is 30.1 Å². The molecule has 0 saturated carbocycles. The first-order valence-electron chi connectivity index (χ1n) is 7.83. The number of hydrogen-bond acceptors (Lipinski definition) is 2. The van der Waals surface area contributed by atoms with E-state index < -0.39 is 0 Å². The van der Waals surface area contributed by atoms with Crippen LogP contribution in [-0.2, 0) is 13.5 Å². The van der Waals surface area contributed by atoms with Gasteiger partial charge in [0.25, 0.3) is 0 Å². The van der Waals surface area contributed by atoms with Crippen LogP contribution < -0.4 is 5.73 Å². The van der Waals surface area contributed by atoms with Gasteiger partial charge in [-0.25, -0.2) is 4.98 Å². The van der Waals surface area contributed by atoms with Crippen LogP contribution in [0, 0.1) is 5.92 Å². The van der Waals surface area contributed by atoms with Gasteiger partial charge in [-0.15, -0.1) is 0 Å². The zero-order chi connectivity index (χ0) is 14.5. The number of para-hydroxylation sites is 2. The second-order valence-corrected chi connectivity index (χ2v) is 5.78. The third-order valence-corrected chi connectivity index (χ3v) is 4.22. The predicted molar refractivity (Wildman–Crippen MR) is 85.7 cm³/mol. The van der Waals surface area contributed by atoms with E-state index in [0.29, 0.717) is 5.92 Å². The van der Waals surface area contributed by atoms with Crippen LogP contribution in [0.1, 0.15) is 45.4 Å². The van der Waals surface area contributed by atoms with Gasteiger partial charge < -0.3 is 10.3 Å². The number of rotatable bonds is 7. The fourth-order valence-electron chi connectivity index (χ4n) is 3.07. The number of aryl methyl sites for hydroxylation is 1. The van der Waals surface area contributed by atoms with Crippen molar-refractivity contribution >= 4 is 11.0 Å². The molecule has 1 aromatic heterocycles. The van der Waals surface area contributed by atoms with Crippen molar-refractivity contribution in [1.29, 1.82) is 0 Å². The summed E-state index contributed by atoms with van der Waals surface area (Å²) in [4.78, 5) is 4.74. The first kappa shape index (κ1) is 15.0. The summed E-state index contributed by atoms with van der Waals surface area (Å²) in [5.41, 5.74) is 8.72. The van der Waals surface area contributed by atoms with Gasteiger partial charge in [-0.1, -0.05) is 38.8 Å². The molecule has 2 N–H and O–H groups in total. The van der Waals surface area contributed by atoms with Gasteiger partial charge in [0, 0.05) is 19.5 Å². The smallest absolute Gasteiger partial charge is 0.111 e. The first-order chi connectivity index (χ1) is 9.67. The lowest BCUT2D eigenvalue weighted by molar-refractivity contribution is 0.355. The van der Waals surface area contributed by atoms with Gasteiger partial charge in [0.2, 0.25) is 0 Å². The molecule has 0 aliphatic carbocycles. The summed E-state index contributed by atoms with van der Waals surface area (Å²) in [7, 11) is 2.09. The van der Waals surface area contributed by atoms with Gasteiger partial charge in [-0.2, -0.15) is 0 Å². The van der Waals surface area contributed by atoms with Crippen molar-refractivity contribution in [3.8, 4) is 0 Å². The topological polar surface area (TPSA) is 43.8 Å². The highest BCUT2D eigenvalue weighted by atomic mass is 15.1. The maximum absolute atomic E-state index is 6.46. The van der Waals surface area contributed by atoms with Gasteiger partial charge in [0.05, 0.1) is 11.0 Å². The lowest BCUT2D eigenvalue weighted by Gasteiger charge is -2.22. The van der Waals surface area contributed by atoms with Gasteiger partial charge >= 0.3 is 0 Å². The van der Waals surface area contributed by atoms with E-state index in [-0.39, 0.29) is 6.04 Å². The molecule has 110 valence electrons. The molecule has 0 aliphatic rings. The van der Waals surface area contributed by atoms with E-state index >= 15 is 0 Å². The number of nitrogens with two attached hydrogens (primary N) is 1. The molecule has 0 saturated heterocycles. The second-order valence-electron chi connectivity index (χ2n) is 5.78. The van der Waals surface area contributed by atoms with E-state index in [0.717, 1.165) is 17.8 Å². The Kier molecular flexibility index (Phi) is 5.18. The van der Waals surface area contributed by atoms with Crippen LogP contribution in [0.3, 0.4) is 0 Å². The zero-order valence-corrected chi connectivity index (χ0v) is 13.0. The van der Waals surface area contributed by atoms with Gasteiger partial charge in [0.15, 0.2) is 0 Å². The van der Waals surface area contributed by atoms with E-state index in [4.69, 9.17) is 10.7 Å². The Morgan fingerprint density at radius 3 is 2.40 bits per heavy atom. The predicted octanol–water partition coefficient (Wildman–Crippen LogP) is 3.66. The SMILES string of the molecule is CCCC(CCC)C(N)Cc1nc2ccccc2n1C. The number of hydrogen-bond donors (Lipinski definition) is 1. The molecule has 1 unspecified atom stereocenters. The van der Waals surface area contributed by atoms with Crippen molar-refractivity contribution in [2.75, 3.05) is 0 Å². The van der Waals surface area contributed by atoms with Gasteiger partial charge in [0.1, 0.15) is 5.82 Å². The molecule has 3 heteroatoms. The minimum Gasteiger partial charge on any atom is -0.331 e. The van der Waals surface area contributed by atoms with Crippen molar-refractivity contribution in [2.45, 2.75) is 52.0 Å². The Bertz CT molecular complexity index is 538. The molecule has 1 aromatic carbocycles. The molecule has 1 atom stereocenters. The second kappa shape index (κ2) is 6.89. The molecule has 0 aliphatic heterocycles. The van der Waals surface area contributed by atoms with Crippen molar-refractivity contribution in [1.82, 2.24) is 9.55 Å². The van der Waals surface area contributed by atoms with Crippen LogP contribution in [0.4, 0.5) is 0 Å². The van der Waals surface area contributed by atoms with Crippen LogP contribution in [-0.4, -0.2) is 15.6 Å². The quantitative estimate of drug-likeness (QED) is 0.836. The highest BCUT2D eigenvalue weighted by Crippen LogP contribution is 2.21. The summed E-state index contributed by atoms with van der Waals surface area (Å²) < 4.78 is 2.18. The molecule has 2 rings (SSSR count). The largest absolute Gasteiger partial charge is 0.331 e. The van der Waals surface area contributed by atoms with E-state index in [1.807, 2.05) is 6.07 Å². The fraction of sp³-hybridized carbons (Fsp3) is 0.588. The van der Waals surface area contributed by atoms with Crippen molar-refractivity contribution in [3.63, 3.8) is 0 Å². The van der Waals surface area contributed by atoms with E-state index in [1.54, 1.807) is 0 Å². The van der Waals surface area contributed by atoms with Gasteiger partial charge in [-0.05, 0) is 30.9 Å². The summed E-state index contributed by atoms with van der Waals surface area (Å²) in [5.74, 6) is 1.72. The average Bonchev–Trinajstić information content (AvgIpc) is 2.76. The van der Waals surface area contributed by atoms with E-state index in [9.17, 15) is 0 Å². The maximum atomic E-state index is 6.46. The Balaban J connectivity index is 2.16. The molecular weight excluding hydrogens is 246 g/mol. The summed E-state index contributed by atoms with van der Waals surface area (Å²) in [6, 6.07) is 8.50. The zero-order valence-electron chi connectivity index (χ0n) is 13.0. The number of imidazole rings is 1. The highest BCUT2D eigenvalue weighted by molar-refractivity contribution is 5.75. The van der Waals surface area contributed by atoms with Crippen LogP contribution in [0.5, 0.6) is 0 Å². The van der Waals surface area contributed by atoms with Crippen LogP contribution >= 0.6 is 0 Å². The molecule has 0 fully saturated rings. The fourth-order valence-corrected chi connectivity index (χ4v) is 3.07. The number of benzene rings is 1. The standard InChI is InChI=1S/C17H27N3/c1-4-8-13(9-5-2)14(18)12-17-19-15-10-6-7-11-16(15)20(17)3/h6-7,10-11,13-14H,4-5,8-9,12,18H2,1-3H3. The Labute approximate surface area is 122 Å². The minimum atomic E-state index is 0.213. The molecule has 0 bridgehead atoms. The number of fused-ring (bicyclic) bond motifs is 1. The van der Waals surface area contributed by atoms with Crippen molar-refractivity contribution < 1.29 is 0 Å². The molecule has 1 heterocycles. The average molecular weight is 273 g/mol. The van der Waals surface area contributed by atoms with E-state index in [1.165, 1.54) is 31.2 Å². The maximum Gasteiger partial charge on any atom is 0.111 e. The van der Waals surface area contributed by atoms with Crippen molar-refractivity contribution in [2.24, 2.45) is 18.7 Å². The third-order valence-electron chi connectivity index (χ3n) is 4.22. The van der Waals surface area contributed by atoms with Gasteiger partial charge in [-0.3, -0.25) is 0 Å². The highest BCUT2D eigenvalue weighted by Gasteiger charge is 2.19. The van der Waals surface area contributed by atoms with Crippen LogP contribution in [0.2, 0.25) is 0 Å². The summed E-state index contributed by atoms with van der Waals surface area (Å²) in [5, 5.41) is 0. The number of nitrogens with zero attached hydrogens (tertiary/aromatic N) is 2. The van der Waals surface area contributed by atoms with Crippen LogP contribution in [0.15, 0.2) is 24.3 Å². The summed E-state index contributed by atoms with van der Waals surface area (Å²) in [6.45, 7) is 4.48. The molecule has 0 amide bonds. The molecule has 0 radical (unpaired) electrons. The molecule has 0 spiro atoms. The minimum absolute atomic E-state index is 0.213. The molecule has 2 aromatic rings. The molecular formula is C17H27N3. The number of aromatic nitrogens is 2. The third kappa shape index (κ3) is 3.21. The van der Waals surface area contributed by atoms with E-state index in [2.05, 4.69) is 43.7 Å². The normalized spacial score (nSPS) is 13.2. The van der Waals surface area contributed by atoms with Crippen LogP contribution in [0.25, 0.3) is 11.0 Å². The lowest BCUT2D eigenvalue weighted by atomic mass is 9.89. The Hall–Kier alpha value is -1.35. The first-order valence-corrected chi connectivity index (χ1v) is 7.83. The monoisotopic (exact) mass is 273 g/mol. The lowest BCUT2D eigenvalue weighted by Crippen LogP contribution is -2.33. The molecule has 20 heavy (non-hydrogen) atoms.